The van der Waals surface area contributed by atoms with Crippen molar-refractivity contribution in [3.8, 4) is 11.5 Å². The van der Waals surface area contributed by atoms with Gasteiger partial charge in [-0.05, 0) is 18.1 Å². The number of ketones is 2. The van der Waals surface area contributed by atoms with Crippen LogP contribution in [0.5, 0.6) is 11.5 Å². The Balaban J connectivity index is 2.86. The number of aliphatic hydroxyl groups excluding tert-OH is 2. The summed E-state index contributed by atoms with van der Waals surface area (Å²) in [4.78, 5) is 23.4. The summed E-state index contributed by atoms with van der Waals surface area (Å²) in [5.74, 6) is -5.44. The van der Waals surface area contributed by atoms with Crippen LogP contribution in [-0.2, 0) is 6.42 Å². The van der Waals surface area contributed by atoms with Gasteiger partial charge in [0.05, 0.1) is 11.1 Å². The van der Waals surface area contributed by atoms with Gasteiger partial charge in [-0.3, -0.25) is 9.59 Å². The molecule has 0 fully saturated rings. The number of aryl methyl sites for hydroxylation is 1. The zero-order valence-electron chi connectivity index (χ0n) is 9.39. The number of benzene rings is 1. The molecular formula is C12H10O6. The summed E-state index contributed by atoms with van der Waals surface area (Å²) in [5.41, 5.74) is -0.710. The van der Waals surface area contributed by atoms with E-state index in [0.29, 0.717) is 6.42 Å². The summed E-state index contributed by atoms with van der Waals surface area (Å²) in [6.45, 7) is 1.68. The summed E-state index contributed by atoms with van der Waals surface area (Å²) < 4.78 is 0. The molecule has 0 spiro atoms. The van der Waals surface area contributed by atoms with Gasteiger partial charge in [0.15, 0.2) is 0 Å². The fourth-order valence-electron chi connectivity index (χ4n) is 1.88. The maximum atomic E-state index is 11.7. The highest BCUT2D eigenvalue weighted by Gasteiger charge is 2.37. The molecule has 1 aliphatic carbocycles. The molecule has 1 aromatic carbocycles. The first-order chi connectivity index (χ1) is 8.40. The third kappa shape index (κ3) is 1.35. The largest absolute Gasteiger partial charge is 0.507 e. The third-order valence-electron chi connectivity index (χ3n) is 2.85. The second kappa shape index (κ2) is 3.76. The van der Waals surface area contributed by atoms with Crippen molar-refractivity contribution in [3.63, 3.8) is 0 Å². The molecule has 0 aromatic heterocycles. The van der Waals surface area contributed by atoms with Gasteiger partial charge in [-0.15, -0.1) is 0 Å². The molecule has 0 radical (unpaired) electrons. The van der Waals surface area contributed by atoms with Gasteiger partial charge in [0.2, 0.25) is 23.1 Å². The number of aliphatic hydroxyl groups is 2. The number of hydrogen-bond donors (Lipinski definition) is 4. The quantitative estimate of drug-likeness (QED) is 0.559. The zero-order chi connectivity index (χ0) is 13.6. The van der Waals surface area contributed by atoms with Crippen molar-refractivity contribution in [2.75, 3.05) is 0 Å². The fourth-order valence-corrected chi connectivity index (χ4v) is 1.88. The van der Waals surface area contributed by atoms with E-state index in [-0.39, 0.29) is 5.56 Å². The van der Waals surface area contributed by atoms with Crippen LogP contribution in [-0.4, -0.2) is 32.0 Å². The minimum absolute atomic E-state index is 0.265. The monoisotopic (exact) mass is 250 g/mol. The van der Waals surface area contributed by atoms with Crippen molar-refractivity contribution in [2.24, 2.45) is 0 Å². The Labute approximate surface area is 101 Å². The van der Waals surface area contributed by atoms with Crippen LogP contribution in [0.15, 0.2) is 17.6 Å². The summed E-state index contributed by atoms with van der Waals surface area (Å²) in [6, 6.07) is 1.15. The number of fused-ring (bicyclic) bond motifs is 1. The molecule has 0 bridgehead atoms. The number of allylic oxidation sites excluding steroid dienone is 2. The van der Waals surface area contributed by atoms with Gasteiger partial charge >= 0.3 is 0 Å². The lowest BCUT2D eigenvalue weighted by Gasteiger charge is -2.18. The zero-order valence-corrected chi connectivity index (χ0v) is 9.39. The van der Waals surface area contributed by atoms with Crippen LogP contribution >= 0.6 is 0 Å². The molecule has 18 heavy (non-hydrogen) atoms. The van der Waals surface area contributed by atoms with Crippen molar-refractivity contribution in [2.45, 2.75) is 13.3 Å². The number of carbonyl (C=O) groups is 2. The first-order valence-electron chi connectivity index (χ1n) is 5.19. The Kier molecular flexibility index (Phi) is 2.50. The van der Waals surface area contributed by atoms with E-state index in [0.717, 1.165) is 6.07 Å². The van der Waals surface area contributed by atoms with Gasteiger partial charge < -0.3 is 20.4 Å². The summed E-state index contributed by atoms with van der Waals surface area (Å²) in [6.07, 6.45) is 0.324. The summed E-state index contributed by atoms with van der Waals surface area (Å²) >= 11 is 0. The summed E-state index contributed by atoms with van der Waals surface area (Å²) in [5, 5.41) is 38.1. The van der Waals surface area contributed by atoms with Crippen LogP contribution < -0.4 is 0 Å². The highest BCUT2D eigenvalue weighted by Crippen LogP contribution is 2.38. The third-order valence-corrected chi connectivity index (χ3v) is 2.85. The van der Waals surface area contributed by atoms with E-state index in [4.69, 9.17) is 0 Å². The van der Waals surface area contributed by atoms with Gasteiger partial charge in [-0.1, -0.05) is 6.92 Å². The molecule has 0 amide bonds. The average molecular weight is 250 g/mol. The molecule has 1 aromatic rings. The predicted molar refractivity (Wildman–Crippen MR) is 60.1 cm³/mol. The van der Waals surface area contributed by atoms with Crippen molar-refractivity contribution >= 4 is 11.6 Å². The molecule has 2 rings (SSSR count). The Morgan fingerprint density at radius 1 is 0.944 bits per heavy atom. The van der Waals surface area contributed by atoms with Crippen molar-refractivity contribution in [1.29, 1.82) is 0 Å². The molecule has 0 saturated heterocycles. The van der Waals surface area contributed by atoms with Gasteiger partial charge in [-0.2, -0.15) is 0 Å². The second-order valence-electron chi connectivity index (χ2n) is 3.86. The highest BCUT2D eigenvalue weighted by atomic mass is 16.3. The number of rotatable bonds is 1. The summed E-state index contributed by atoms with van der Waals surface area (Å²) in [7, 11) is 0. The van der Waals surface area contributed by atoms with Crippen LogP contribution in [0.1, 0.15) is 33.2 Å². The number of phenols is 2. The van der Waals surface area contributed by atoms with Crippen LogP contribution in [0.3, 0.4) is 0 Å². The first-order valence-corrected chi connectivity index (χ1v) is 5.19. The minimum atomic E-state index is -1.13. The maximum absolute atomic E-state index is 11.7. The van der Waals surface area contributed by atoms with Crippen LogP contribution in [0.2, 0.25) is 0 Å². The molecule has 0 heterocycles. The standard InChI is InChI=1S/C12H10O6/c1-2-4-3-5(13)6-7(8(4)14)10(16)12(18)11(17)9(6)15/h3,13-14,17-18H,2H2,1H3. The van der Waals surface area contributed by atoms with Crippen molar-refractivity contribution in [3.05, 3.63) is 34.3 Å². The number of Topliss-reactive ketones (excluding diaryl/α,β-unsaturated/α-hetero) is 2. The van der Waals surface area contributed by atoms with Gasteiger partial charge in [0, 0.05) is 0 Å². The molecule has 0 unspecified atom stereocenters. The highest BCUT2D eigenvalue weighted by molar-refractivity contribution is 6.27. The molecule has 6 nitrogen and oxygen atoms in total. The average Bonchev–Trinajstić information content (AvgIpc) is 2.35. The molecular weight excluding hydrogens is 240 g/mol. The van der Waals surface area contributed by atoms with E-state index in [1.807, 2.05) is 0 Å². The number of carbonyl (C=O) groups excluding carboxylic acids is 2. The molecule has 4 N–H and O–H groups in total. The predicted octanol–water partition coefficient (Wildman–Crippen LogP) is 1.37. The van der Waals surface area contributed by atoms with Crippen molar-refractivity contribution < 1.29 is 30.0 Å². The van der Waals surface area contributed by atoms with Crippen molar-refractivity contribution in [1.82, 2.24) is 0 Å². The first kappa shape index (κ1) is 12.0. The fraction of sp³-hybridized carbons (Fsp3) is 0.167. The molecule has 1 aliphatic rings. The Bertz CT molecular complexity index is 611. The van der Waals surface area contributed by atoms with Crippen LogP contribution in [0.25, 0.3) is 0 Å². The minimum Gasteiger partial charge on any atom is -0.507 e. The second-order valence-corrected chi connectivity index (χ2v) is 3.86. The van der Waals surface area contributed by atoms with E-state index in [9.17, 15) is 30.0 Å². The molecule has 0 atom stereocenters. The Morgan fingerprint density at radius 2 is 1.44 bits per heavy atom. The Morgan fingerprint density at radius 3 is 1.94 bits per heavy atom. The lowest BCUT2D eigenvalue weighted by molar-refractivity contribution is 0.0875. The van der Waals surface area contributed by atoms with Gasteiger partial charge in [0.25, 0.3) is 0 Å². The number of hydrogen-bond acceptors (Lipinski definition) is 6. The lowest BCUT2D eigenvalue weighted by Crippen LogP contribution is -2.22. The van der Waals surface area contributed by atoms with E-state index in [2.05, 4.69) is 0 Å². The van der Waals surface area contributed by atoms with Gasteiger partial charge in [0.1, 0.15) is 11.5 Å². The van der Waals surface area contributed by atoms with E-state index in [1.54, 1.807) is 6.92 Å². The van der Waals surface area contributed by atoms with E-state index >= 15 is 0 Å². The normalized spacial score (nSPS) is 14.9. The smallest absolute Gasteiger partial charge is 0.236 e. The SMILES string of the molecule is CCc1cc(O)c2c(c1O)C(=O)C(O)=C(O)C2=O. The molecule has 6 heteroatoms. The van der Waals surface area contributed by atoms with E-state index in [1.165, 1.54) is 0 Å². The Hall–Kier alpha value is -2.50. The lowest BCUT2D eigenvalue weighted by atomic mass is 9.88. The molecule has 94 valence electrons. The molecule has 0 saturated carbocycles. The number of phenolic OH excluding ortho intramolecular Hbond substituents is 2. The molecule has 0 aliphatic heterocycles. The van der Waals surface area contributed by atoms with Crippen LogP contribution in [0.4, 0.5) is 0 Å². The number of aromatic hydroxyl groups is 2. The van der Waals surface area contributed by atoms with Crippen LogP contribution in [0, 0.1) is 0 Å². The van der Waals surface area contributed by atoms with E-state index < -0.39 is 45.7 Å². The topological polar surface area (TPSA) is 115 Å². The van der Waals surface area contributed by atoms with Gasteiger partial charge in [-0.25, -0.2) is 0 Å². The maximum Gasteiger partial charge on any atom is 0.236 e.